The molecule has 0 radical (unpaired) electrons. The van der Waals surface area contributed by atoms with Gasteiger partial charge in [-0.05, 0) is 60.4 Å². The van der Waals surface area contributed by atoms with Crippen LogP contribution >= 0.6 is 15.9 Å². The Kier molecular flexibility index (Phi) is 13.7. The number of para-hydroxylation sites is 1. The highest BCUT2D eigenvalue weighted by atomic mass is 79.9. The van der Waals surface area contributed by atoms with Crippen LogP contribution in [0.2, 0.25) is 0 Å². The van der Waals surface area contributed by atoms with Crippen molar-refractivity contribution < 1.29 is 4.79 Å². The summed E-state index contributed by atoms with van der Waals surface area (Å²) in [5.74, 6) is 7.11. The topological polar surface area (TPSA) is 111 Å². The van der Waals surface area contributed by atoms with Gasteiger partial charge in [0.05, 0.1) is 11.7 Å². The van der Waals surface area contributed by atoms with Gasteiger partial charge in [0.1, 0.15) is 0 Å². The highest BCUT2D eigenvalue weighted by Crippen LogP contribution is 2.44. The summed E-state index contributed by atoms with van der Waals surface area (Å²) in [5.41, 5.74) is 9.45. The predicted octanol–water partition coefficient (Wildman–Crippen LogP) is 6.61. The van der Waals surface area contributed by atoms with E-state index in [1.165, 1.54) is 25.7 Å². The highest BCUT2D eigenvalue weighted by molar-refractivity contribution is 9.10. The maximum absolute atomic E-state index is 10.8. The second-order valence-electron chi connectivity index (χ2n) is 9.49. The molecule has 2 aromatic carbocycles. The summed E-state index contributed by atoms with van der Waals surface area (Å²) in [6.07, 6.45) is 12.0. The molecule has 1 aliphatic carbocycles. The minimum absolute atomic E-state index is 0.0954. The maximum atomic E-state index is 10.8. The molecule has 5 N–H and O–H groups in total. The molecular weight excluding hydrogens is 540 g/mol. The maximum Gasteiger partial charge on any atom is 0.211 e. The third-order valence-electron chi connectivity index (χ3n) is 7.03. The fourth-order valence-electron chi connectivity index (χ4n) is 5.24. The second kappa shape index (κ2) is 16.7. The minimum Gasteiger partial charge on any atom is -0.397 e. The molecule has 2 aromatic rings. The van der Waals surface area contributed by atoms with E-state index in [0.717, 1.165) is 53.1 Å². The number of benzene rings is 2. The van der Waals surface area contributed by atoms with Crippen molar-refractivity contribution in [3.8, 4) is 6.19 Å². The van der Waals surface area contributed by atoms with Gasteiger partial charge in [-0.25, -0.2) is 5.84 Å². The zero-order chi connectivity index (χ0) is 27.9. The summed E-state index contributed by atoms with van der Waals surface area (Å²) in [7, 11) is 0. The van der Waals surface area contributed by atoms with Crippen molar-refractivity contribution in [2.75, 3.05) is 18.4 Å². The first-order valence-electron chi connectivity index (χ1n) is 13.7. The van der Waals surface area contributed by atoms with Crippen molar-refractivity contribution in [3.63, 3.8) is 0 Å². The molecule has 4 rings (SSSR count). The number of likely N-dealkylation sites (tertiary alicyclic amines) is 1. The van der Waals surface area contributed by atoms with Crippen LogP contribution in [-0.2, 0) is 4.79 Å². The number of piperidine rings is 1. The lowest BCUT2D eigenvalue weighted by Crippen LogP contribution is -2.41. The molecule has 206 valence electrons. The number of halogens is 1. The molecule has 1 saturated carbocycles. The number of hydrogen-bond acceptors (Lipinski definition) is 6. The van der Waals surface area contributed by atoms with Gasteiger partial charge < -0.3 is 21.0 Å². The summed E-state index contributed by atoms with van der Waals surface area (Å²) in [5, 5.41) is 13.9. The van der Waals surface area contributed by atoms with E-state index in [4.69, 9.17) is 11.6 Å². The van der Waals surface area contributed by atoms with Gasteiger partial charge in [-0.3, -0.25) is 4.79 Å². The van der Waals surface area contributed by atoms with Crippen LogP contribution in [0.4, 0.5) is 5.69 Å². The molecule has 8 heteroatoms. The first-order valence-corrected chi connectivity index (χ1v) is 14.5. The number of nitrogens with two attached hydrogens (primary N) is 2. The van der Waals surface area contributed by atoms with E-state index in [-0.39, 0.29) is 6.04 Å². The lowest BCUT2D eigenvalue weighted by atomic mass is 9.72. The van der Waals surface area contributed by atoms with Gasteiger partial charge in [0, 0.05) is 29.4 Å². The number of hydrazine groups is 1. The van der Waals surface area contributed by atoms with Gasteiger partial charge in [0.25, 0.3) is 0 Å². The standard InChI is InChI=1S/C17H21N3O.C11H16BrN3.C2H6/c18-11-20-10-14-6-2-1-5-13(14)9-17(20)15-7-3-4-8-16(15)19-12-21;1-2-7-15(14)8-11(13)9-3-5-10(12)6-4-9;1-2/h3-4,7-8,12-14,17H,1-2,5-6,9-10H2,(H,19,21);3-6,8H,2,7,13-14H2,1H3;1-2H3/b;11-8-;. The number of nitriles is 1. The van der Waals surface area contributed by atoms with Gasteiger partial charge >= 0.3 is 0 Å². The summed E-state index contributed by atoms with van der Waals surface area (Å²) >= 11 is 3.37. The first kappa shape index (κ1) is 31.2. The zero-order valence-electron chi connectivity index (χ0n) is 22.9. The van der Waals surface area contributed by atoms with Crippen LogP contribution in [0.25, 0.3) is 5.70 Å². The average molecular weight is 584 g/mol. The monoisotopic (exact) mass is 582 g/mol. The number of nitrogens with one attached hydrogen (secondary N) is 1. The molecule has 3 atom stereocenters. The number of hydrogen-bond donors (Lipinski definition) is 3. The average Bonchev–Trinajstić information content (AvgIpc) is 2.94. The molecule has 3 unspecified atom stereocenters. The Bertz CT molecular complexity index is 1050. The second-order valence-corrected chi connectivity index (χ2v) is 10.4. The van der Waals surface area contributed by atoms with Gasteiger partial charge in [-0.1, -0.05) is 86.3 Å². The van der Waals surface area contributed by atoms with Gasteiger partial charge in [0.2, 0.25) is 6.41 Å². The minimum atomic E-state index is 0.0954. The molecule has 7 nitrogen and oxygen atoms in total. The first-order chi connectivity index (χ1) is 18.5. The van der Waals surface area contributed by atoms with Gasteiger partial charge in [-0.15, -0.1) is 0 Å². The summed E-state index contributed by atoms with van der Waals surface area (Å²) < 4.78 is 1.04. The SMILES string of the molecule is CC.CCCN(N)/C=C(\N)c1ccc(Br)cc1.N#CN1CC2CCCCC2CC1c1ccccc1NC=O. The van der Waals surface area contributed by atoms with Crippen molar-refractivity contribution in [2.45, 2.75) is 65.3 Å². The number of rotatable bonds is 7. The number of amides is 1. The van der Waals surface area contributed by atoms with E-state index in [1.54, 1.807) is 11.2 Å². The van der Waals surface area contributed by atoms with Crippen molar-refractivity contribution in [1.82, 2.24) is 9.91 Å². The van der Waals surface area contributed by atoms with Crippen molar-refractivity contribution in [2.24, 2.45) is 23.4 Å². The van der Waals surface area contributed by atoms with Crippen LogP contribution < -0.4 is 16.9 Å². The van der Waals surface area contributed by atoms with Gasteiger partial charge in [0.15, 0.2) is 6.19 Å². The number of carbonyl (C=O) groups excluding carboxylic acids is 1. The number of anilines is 1. The number of carbonyl (C=O) groups is 1. The zero-order valence-corrected chi connectivity index (χ0v) is 24.5. The Balaban J connectivity index is 0.000000264. The molecule has 1 saturated heterocycles. The van der Waals surface area contributed by atoms with E-state index in [1.807, 2.05) is 67.3 Å². The molecule has 1 heterocycles. The van der Waals surface area contributed by atoms with Crippen molar-refractivity contribution >= 4 is 33.7 Å². The molecule has 2 fully saturated rings. The summed E-state index contributed by atoms with van der Waals surface area (Å²) in [4.78, 5) is 12.7. The van der Waals surface area contributed by atoms with E-state index in [0.29, 0.717) is 18.0 Å². The quantitative estimate of drug-likeness (QED) is 0.146. The third kappa shape index (κ3) is 9.07. The highest BCUT2D eigenvalue weighted by Gasteiger charge is 2.37. The largest absolute Gasteiger partial charge is 0.397 e. The Hall–Kier alpha value is -3.02. The fourth-order valence-corrected chi connectivity index (χ4v) is 5.50. The molecular formula is C30H43BrN6O. The van der Waals surface area contributed by atoms with Crippen LogP contribution in [0.1, 0.15) is 76.5 Å². The van der Waals surface area contributed by atoms with E-state index >= 15 is 0 Å². The summed E-state index contributed by atoms with van der Waals surface area (Å²) in [6, 6.07) is 15.7. The molecule has 1 amide bonds. The normalized spacial score (nSPS) is 20.4. The van der Waals surface area contributed by atoms with Crippen molar-refractivity contribution in [3.05, 3.63) is 70.3 Å². The third-order valence-corrected chi connectivity index (χ3v) is 7.56. The van der Waals surface area contributed by atoms with Gasteiger partial charge in [-0.2, -0.15) is 5.26 Å². The number of nitrogens with zero attached hydrogens (tertiary/aromatic N) is 3. The number of fused-ring (bicyclic) bond motifs is 1. The fraction of sp³-hybridized carbons (Fsp3) is 0.467. The van der Waals surface area contributed by atoms with Crippen molar-refractivity contribution in [1.29, 1.82) is 5.26 Å². The van der Waals surface area contributed by atoms with Crippen LogP contribution in [0.3, 0.4) is 0 Å². The van der Waals surface area contributed by atoms with E-state index in [9.17, 15) is 10.1 Å². The molecule has 2 aliphatic rings. The molecule has 1 aliphatic heterocycles. The Labute approximate surface area is 237 Å². The molecule has 0 bridgehead atoms. The Morgan fingerprint density at radius 2 is 1.82 bits per heavy atom. The molecule has 38 heavy (non-hydrogen) atoms. The van der Waals surface area contributed by atoms with Crippen LogP contribution in [0, 0.1) is 23.3 Å². The summed E-state index contributed by atoms with van der Waals surface area (Å²) in [6.45, 7) is 7.74. The molecule has 0 aromatic heterocycles. The van der Waals surface area contributed by atoms with Crippen LogP contribution in [-0.4, -0.2) is 29.4 Å². The van der Waals surface area contributed by atoms with Crippen LogP contribution in [0.5, 0.6) is 0 Å². The lowest BCUT2D eigenvalue weighted by molar-refractivity contribution is -0.105. The van der Waals surface area contributed by atoms with E-state index < -0.39 is 0 Å². The Morgan fingerprint density at radius 1 is 1.16 bits per heavy atom. The smallest absolute Gasteiger partial charge is 0.211 e. The molecule has 0 spiro atoms. The lowest BCUT2D eigenvalue weighted by Gasteiger charge is -2.44. The van der Waals surface area contributed by atoms with E-state index in [2.05, 4.69) is 34.4 Å². The predicted molar refractivity (Wildman–Crippen MR) is 160 cm³/mol. The Morgan fingerprint density at radius 3 is 2.45 bits per heavy atom. The van der Waals surface area contributed by atoms with Crippen LogP contribution in [0.15, 0.2) is 59.2 Å².